The van der Waals surface area contributed by atoms with Crippen molar-refractivity contribution in [1.82, 2.24) is 0 Å². The molecule has 2 aliphatic heterocycles. The van der Waals surface area contributed by atoms with Gasteiger partial charge in [-0.05, 0) is 59.1 Å². The van der Waals surface area contributed by atoms with Gasteiger partial charge in [0.2, 0.25) is 0 Å². The van der Waals surface area contributed by atoms with Crippen molar-refractivity contribution in [1.29, 1.82) is 0 Å². The molecule has 0 atom stereocenters. The Morgan fingerprint density at radius 1 is 0.475 bits per heavy atom. The predicted molar refractivity (Wildman–Crippen MR) is 184 cm³/mol. The summed E-state index contributed by atoms with van der Waals surface area (Å²) >= 11 is 7.45. The van der Waals surface area contributed by atoms with Gasteiger partial charge in [0, 0.05) is 9.81 Å². The van der Waals surface area contributed by atoms with Gasteiger partial charge in [0.1, 0.15) is 11.5 Å². The van der Waals surface area contributed by atoms with Crippen LogP contribution in [0.4, 0.5) is 0 Å². The third-order valence-corrected chi connectivity index (χ3v) is 12.3. The van der Waals surface area contributed by atoms with Crippen LogP contribution in [0, 0.1) is 0 Å². The average Bonchev–Trinajstić information content (AvgIpc) is 3.68. The minimum atomic E-state index is 0.813. The number of thioether (sulfide) groups is 4. The highest BCUT2D eigenvalue weighted by molar-refractivity contribution is 8.36. The first kappa shape index (κ1) is 31.6. The van der Waals surface area contributed by atoms with Crippen molar-refractivity contribution in [3.63, 3.8) is 0 Å². The standard InChI is InChI=1S/C34H44O2S4/c1-3-5-7-9-11-13-23-35-29-19-15-27(16-20-29)31-25-37-33(39-31)34-38-26-32(40-34)28-17-21-30(22-18-28)36-24-14-12-10-8-6-4-2/h15-22,25-26H,3-14,23-24H2,1-2H3/b34-33+. The van der Waals surface area contributed by atoms with E-state index in [4.69, 9.17) is 9.47 Å². The lowest BCUT2D eigenvalue weighted by Crippen LogP contribution is -1.97. The summed E-state index contributed by atoms with van der Waals surface area (Å²) in [6.07, 6.45) is 15.5. The summed E-state index contributed by atoms with van der Waals surface area (Å²) in [7, 11) is 0. The smallest absolute Gasteiger partial charge is 0.119 e. The van der Waals surface area contributed by atoms with Gasteiger partial charge in [0.25, 0.3) is 0 Å². The van der Waals surface area contributed by atoms with Crippen molar-refractivity contribution >= 4 is 56.9 Å². The Labute approximate surface area is 259 Å². The molecule has 2 nitrogen and oxygen atoms in total. The van der Waals surface area contributed by atoms with Crippen LogP contribution in [-0.4, -0.2) is 13.2 Å². The zero-order valence-electron chi connectivity index (χ0n) is 24.1. The Balaban J connectivity index is 1.17. The van der Waals surface area contributed by atoms with E-state index in [1.165, 1.54) is 93.6 Å². The van der Waals surface area contributed by atoms with Gasteiger partial charge in [-0.2, -0.15) is 0 Å². The molecule has 216 valence electrons. The maximum atomic E-state index is 5.97. The molecule has 0 saturated heterocycles. The lowest BCUT2D eigenvalue weighted by molar-refractivity contribution is 0.304. The summed E-state index contributed by atoms with van der Waals surface area (Å²) in [6, 6.07) is 17.2. The zero-order valence-corrected chi connectivity index (χ0v) is 27.4. The van der Waals surface area contributed by atoms with E-state index in [1.807, 2.05) is 47.0 Å². The molecule has 0 radical (unpaired) electrons. The fourth-order valence-corrected chi connectivity index (χ4v) is 9.45. The third kappa shape index (κ3) is 10.5. The second-order valence-electron chi connectivity index (χ2n) is 10.3. The largest absolute Gasteiger partial charge is 0.494 e. The zero-order chi connectivity index (χ0) is 27.8. The van der Waals surface area contributed by atoms with E-state index < -0.39 is 0 Å². The van der Waals surface area contributed by atoms with Gasteiger partial charge in [-0.15, -0.1) is 0 Å². The second-order valence-corrected chi connectivity index (χ2v) is 14.6. The van der Waals surface area contributed by atoms with Crippen LogP contribution in [-0.2, 0) is 0 Å². The van der Waals surface area contributed by atoms with Crippen molar-refractivity contribution in [3.8, 4) is 11.5 Å². The number of hydrogen-bond donors (Lipinski definition) is 0. The molecule has 2 heterocycles. The van der Waals surface area contributed by atoms with E-state index in [1.54, 1.807) is 0 Å². The number of rotatable bonds is 18. The molecule has 0 spiro atoms. The van der Waals surface area contributed by atoms with E-state index >= 15 is 0 Å². The Kier molecular flexibility index (Phi) is 14.4. The lowest BCUT2D eigenvalue weighted by atomic mass is 10.1. The average molecular weight is 613 g/mol. The highest BCUT2D eigenvalue weighted by Gasteiger charge is 2.23. The van der Waals surface area contributed by atoms with E-state index in [2.05, 4.69) is 73.2 Å². The fourth-order valence-electron chi connectivity index (χ4n) is 4.52. The third-order valence-electron chi connectivity index (χ3n) is 6.93. The Hall–Kier alpha value is -1.34. The maximum absolute atomic E-state index is 5.97. The van der Waals surface area contributed by atoms with Crippen LogP contribution < -0.4 is 9.47 Å². The molecule has 0 saturated carbocycles. The molecule has 2 aliphatic rings. The van der Waals surface area contributed by atoms with Crippen LogP contribution >= 0.6 is 47.0 Å². The van der Waals surface area contributed by atoms with Crippen molar-refractivity contribution in [2.45, 2.75) is 90.9 Å². The highest BCUT2D eigenvalue weighted by Crippen LogP contribution is 2.58. The minimum Gasteiger partial charge on any atom is -0.494 e. The van der Waals surface area contributed by atoms with Crippen LogP contribution in [0.3, 0.4) is 0 Å². The first-order valence-electron chi connectivity index (χ1n) is 15.1. The predicted octanol–water partition coefficient (Wildman–Crippen LogP) is 12.5. The molecule has 2 aromatic rings. The van der Waals surface area contributed by atoms with Gasteiger partial charge in [-0.3, -0.25) is 0 Å². The molecule has 2 aromatic carbocycles. The Morgan fingerprint density at radius 3 is 1.25 bits per heavy atom. The molecule has 0 N–H and O–H groups in total. The van der Waals surface area contributed by atoms with Crippen LogP contribution in [0.5, 0.6) is 11.5 Å². The van der Waals surface area contributed by atoms with Crippen LogP contribution in [0.1, 0.15) is 102 Å². The van der Waals surface area contributed by atoms with Crippen LogP contribution in [0.25, 0.3) is 9.81 Å². The van der Waals surface area contributed by atoms with Crippen molar-refractivity contribution in [3.05, 3.63) is 78.9 Å². The van der Waals surface area contributed by atoms with Gasteiger partial charge >= 0.3 is 0 Å². The summed E-state index contributed by atoms with van der Waals surface area (Å²) in [5.41, 5.74) is 2.52. The SMILES string of the molecule is CCCCCCCCOc1ccc(C2=CS/C(=C3/SC=C(c4ccc(OCCCCCCCC)cc4)S3)S2)cc1. The van der Waals surface area contributed by atoms with Crippen molar-refractivity contribution in [2.75, 3.05) is 13.2 Å². The van der Waals surface area contributed by atoms with Crippen molar-refractivity contribution < 1.29 is 9.47 Å². The Morgan fingerprint density at radius 2 is 0.850 bits per heavy atom. The maximum Gasteiger partial charge on any atom is 0.119 e. The molecule has 0 unspecified atom stereocenters. The molecule has 40 heavy (non-hydrogen) atoms. The topological polar surface area (TPSA) is 18.5 Å². The van der Waals surface area contributed by atoms with E-state index in [-0.39, 0.29) is 0 Å². The van der Waals surface area contributed by atoms with Crippen LogP contribution in [0.15, 0.2) is 67.8 Å². The summed E-state index contributed by atoms with van der Waals surface area (Å²) in [5.74, 6) is 1.95. The first-order chi connectivity index (χ1) is 19.8. The monoisotopic (exact) mass is 612 g/mol. The molecule has 0 fully saturated rings. The summed E-state index contributed by atoms with van der Waals surface area (Å²) in [5, 5.41) is 4.57. The van der Waals surface area contributed by atoms with E-state index in [0.717, 1.165) is 37.6 Å². The van der Waals surface area contributed by atoms with Gasteiger partial charge in [0.15, 0.2) is 0 Å². The molecular weight excluding hydrogens is 569 g/mol. The second kappa shape index (κ2) is 18.3. The fraction of sp³-hybridized carbons (Fsp3) is 0.471. The van der Waals surface area contributed by atoms with Gasteiger partial charge in [-0.1, -0.05) is 149 Å². The summed E-state index contributed by atoms with van der Waals surface area (Å²) < 4.78 is 14.7. The molecule has 0 aliphatic carbocycles. The molecule has 0 amide bonds. The number of benzene rings is 2. The molecule has 4 rings (SSSR count). The van der Waals surface area contributed by atoms with Gasteiger partial charge < -0.3 is 9.47 Å². The normalized spacial score (nSPS) is 16.8. The van der Waals surface area contributed by atoms with Gasteiger partial charge in [0.05, 0.1) is 21.7 Å². The molecule has 0 bridgehead atoms. The number of unbranched alkanes of at least 4 members (excludes halogenated alkanes) is 10. The van der Waals surface area contributed by atoms with Gasteiger partial charge in [-0.25, -0.2) is 0 Å². The molecule has 6 heteroatoms. The van der Waals surface area contributed by atoms with E-state index in [9.17, 15) is 0 Å². The molecular formula is C34H44O2S4. The highest BCUT2D eigenvalue weighted by atomic mass is 32.2. The minimum absolute atomic E-state index is 0.813. The lowest BCUT2D eigenvalue weighted by Gasteiger charge is -2.08. The van der Waals surface area contributed by atoms with Crippen molar-refractivity contribution in [2.24, 2.45) is 0 Å². The summed E-state index contributed by atoms with van der Waals surface area (Å²) in [4.78, 5) is 2.63. The number of ether oxygens (including phenoxy) is 2. The first-order valence-corrected chi connectivity index (χ1v) is 18.5. The number of hydrogen-bond acceptors (Lipinski definition) is 6. The van der Waals surface area contributed by atoms with E-state index in [0.29, 0.717) is 0 Å². The van der Waals surface area contributed by atoms with Crippen LogP contribution in [0.2, 0.25) is 0 Å². The molecule has 0 aromatic heterocycles. The summed E-state index contributed by atoms with van der Waals surface area (Å²) in [6.45, 7) is 6.15. The Bertz CT molecular complexity index is 1030. The quantitative estimate of drug-likeness (QED) is 0.155.